The molecule has 2 aliphatic heterocycles. The summed E-state index contributed by atoms with van der Waals surface area (Å²) in [5.41, 5.74) is 3.52. The molecule has 3 rings (SSSR count). The zero-order valence-electron chi connectivity index (χ0n) is 13.1. The summed E-state index contributed by atoms with van der Waals surface area (Å²) in [4.78, 5) is 0. The Morgan fingerprint density at radius 2 is 1.90 bits per heavy atom. The molecule has 0 aliphatic carbocycles. The highest BCUT2D eigenvalue weighted by atomic mass is 16.5. The minimum absolute atomic E-state index is 0.0537. The number of ether oxygens (including phenoxy) is 2. The SMILES string of the molecule is Cc1ccc(C(O)C2CCOC3(CCOCC3)C2)cc1C. The normalized spacial score (nSPS) is 26.7. The minimum Gasteiger partial charge on any atom is -0.388 e. The second kappa shape index (κ2) is 6.07. The third kappa shape index (κ3) is 3.15. The molecule has 3 nitrogen and oxygen atoms in total. The van der Waals surface area contributed by atoms with Crippen molar-refractivity contribution in [2.24, 2.45) is 5.92 Å². The first-order valence-electron chi connectivity index (χ1n) is 8.07. The monoisotopic (exact) mass is 290 g/mol. The highest BCUT2D eigenvalue weighted by Gasteiger charge is 2.41. The van der Waals surface area contributed by atoms with E-state index in [9.17, 15) is 5.11 Å². The Hall–Kier alpha value is -0.900. The molecule has 116 valence electrons. The topological polar surface area (TPSA) is 38.7 Å². The van der Waals surface area contributed by atoms with Gasteiger partial charge in [-0.15, -0.1) is 0 Å². The Morgan fingerprint density at radius 3 is 2.62 bits per heavy atom. The number of aliphatic hydroxyl groups is 1. The summed E-state index contributed by atoms with van der Waals surface area (Å²) in [6.45, 7) is 6.54. The van der Waals surface area contributed by atoms with E-state index in [2.05, 4.69) is 32.0 Å². The second-order valence-electron chi connectivity index (χ2n) is 6.69. The van der Waals surface area contributed by atoms with Crippen LogP contribution in [0, 0.1) is 19.8 Å². The Balaban J connectivity index is 1.74. The summed E-state index contributed by atoms with van der Waals surface area (Å²) in [5, 5.41) is 10.8. The fourth-order valence-corrected chi connectivity index (χ4v) is 3.65. The van der Waals surface area contributed by atoms with Crippen molar-refractivity contribution in [3.8, 4) is 0 Å². The van der Waals surface area contributed by atoms with Gasteiger partial charge in [-0.3, -0.25) is 0 Å². The van der Waals surface area contributed by atoms with Crippen molar-refractivity contribution in [3.05, 3.63) is 34.9 Å². The van der Waals surface area contributed by atoms with Gasteiger partial charge in [0.05, 0.1) is 11.7 Å². The first kappa shape index (κ1) is 15.0. The lowest BCUT2D eigenvalue weighted by Crippen LogP contribution is -2.45. The van der Waals surface area contributed by atoms with Gasteiger partial charge < -0.3 is 14.6 Å². The van der Waals surface area contributed by atoms with Crippen molar-refractivity contribution in [2.75, 3.05) is 19.8 Å². The molecule has 0 amide bonds. The fourth-order valence-electron chi connectivity index (χ4n) is 3.65. The van der Waals surface area contributed by atoms with E-state index in [1.165, 1.54) is 11.1 Å². The maximum atomic E-state index is 10.8. The van der Waals surface area contributed by atoms with Crippen LogP contribution < -0.4 is 0 Å². The molecular weight excluding hydrogens is 264 g/mol. The summed E-state index contributed by atoms with van der Waals surface area (Å²) in [6.07, 6.45) is 3.43. The van der Waals surface area contributed by atoms with Crippen LogP contribution in [0.3, 0.4) is 0 Å². The highest BCUT2D eigenvalue weighted by Crippen LogP contribution is 2.41. The van der Waals surface area contributed by atoms with Gasteiger partial charge in [-0.2, -0.15) is 0 Å². The number of hydrogen-bond donors (Lipinski definition) is 1. The van der Waals surface area contributed by atoms with Gasteiger partial charge in [-0.25, -0.2) is 0 Å². The number of hydrogen-bond acceptors (Lipinski definition) is 3. The van der Waals surface area contributed by atoms with Crippen LogP contribution in [0.2, 0.25) is 0 Å². The average molecular weight is 290 g/mol. The molecule has 3 heteroatoms. The number of aliphatic hydroxyl groups excluding tert-OH is 1. The van der Waals surface area contributed by atoms with Crippen molar-refractivity contribution < 1.29 is 14.6 Å². The van der Waals surface area contributed by atoms with Crippen molar-refractivity contribution in [2.45, 2.75) is 51.2 Å². The Bertz CT molecular complexity index is 486. The van der Waals surface area contributed by atoms with Gasteiger partial charge in [-0.05, 0) is 62.1 Å². The summed E-state index contributed by atoms with van der Waals surface area (Å²) < 4.78 is 11.5. The van der Waals surface area contributed by atoms with Gasteiger partial charge in [-0.1, -0.05) is 18.2 Å². The highest BCUT2D eigenvalue weighted by molar-refractivity contribution is 5.31. The van der Waals surface area contributed by atoms with Gasteiger partial charge in [0.25, 0.3) is 0 Å². The van der Waals surface area contributed by atoms with Gasteiger partial charge in [0.15, 0.2) is 0 Å². The first-order chi connectivity index (χ1) is 10.1. The molecule has 0 bridgehead atoms. The Morgan fingerprint density at radius 1 is 1.14 bits per heavy atom. The molecule has 0 saturated carbocycles. The maximum Gasteiger partial charge on any atom is 0.0820 e. The molecule has 2 fully saturated rings. The fraction of sp³-hybridized carbons (Fsp3) is 0.667. The molecule has 2 unspecified atom stereocenters. The molecule has 1 N–H and O–H groups in total. The van der Waals surface area contributed by atoms with Gasteiger partial charge >= 0.3 is 0 Å². The molecule has 1 aromatic carbocycles. The standard InChI is InChI=1S/C18H26O3/c1-13-3-4-15(11-14(13)2)17(19)16-5-8-21-18(12-16)6-9-20-10-7-18/h3-4,11,16-17,19H,5-10,12H2,1-2H3. The molecule has 0 aromatic heterocycles. The van der Waals surface area contributed by atoms with E-state index in [1.54, 1.807) is 0 Å². The quantitative estimate of drug-likeness (QED) is 0.908. The molecular formula is C18H26O3. The van der Waals surface area contributed by atoms with Crippen molar-refractivity contribution >= 4 is 0 Å². The smallest absolute Gasteiger partial charge is 0.0820 e. The van der Waals surface area contributed by atoms with E-state index in [0.29, 0.717) is 5.92 Å². The van der Waals surface area contributed by atoms with Gasteiger partial charge in [0, 0.05) is 19.8 Å². The van der Waals surface area contributed by atoms with E-state index in [-0.39, 0.29) is 11.7 Å². The third-order valence-corrected chi connectivity index (χ3v) is 5.25. The van der Waals surface area contributed by atoms with E-state index in [4.69, 9.17) is 9.47 Å². The summed E-state index contributed by atoms with van der Waals surface area (Å²) >= 11 is 0. The maximum absolute atomic E-state index is 10.8. The van der Waals surface area contributed by atoms with Crippen molar-refractivity contribution in [3.63, 3.8) is 0 Å². The largest absolute Gasteiger partial charge is 0.388 e. The van der Waals surface area contributed by atoms with E-state index in [0.717, 1.165) is 51.1 Å². The third-order valence-electron chi connectivity index (χ3n) is 5.25. The lowest BCUT2D eigenvalue weighted by atomic mass is 9.77. The van der Waals surface area contributed by atoms with Crippen LogP contribution in [0.1, 0.15) is 48.5 Å². The lowest BCUT2D eigenvalue weighted by molar-refractivity contribution is -0.159. The van der Waals surface area contributed by atoms with Crippen LogP contribution in [-0.2, 0) is 9.47 Å². The first-order valence-corrected chi connectivity index (χ1v) is 8.07. The average Bonchev–Trinajstić information content (AvgIpc) is 2.50. The van der Waals surface area contributed by atoms with E-state index >= 15 is 0 Å². The van der Waals surface area contributed by atoms with Crippen LogP contribution >= 0.6 is 0 Å². The Kier molecular flexibility index (Phi) is 4.34. The van der Waals surface area contributed by atoms with E-state index in [1.807, 2.05) is 0 Å². The number of rotatable bonds is 2. The number of benzene rings is 1. The van der Waals surface area contributed by atoms with E-state index < -0.39 is 0 Å². The number of aryl methyl sites for hydroxylation is 2. The molecule has 21 heavy (non-hydrogen) atoms. The predicted octanol–water partition coefficient (Wildman–Crippen LogP) is 3.31. The molecule has 0 radical (unpaired) electrons. The minimum atomic E-state index is -0.382. The second-order valence-corrected chi connectivity index (χ2v) is 6.69. The zero-order chi connectivity index (χ0) is 14.9. The van der Waals surface area contributed by atoms with Crippen LogP contribution in [0.5, 0.6) is 0 Å². The van der Waals surface area contributed by atoms with Crippen molar-refractivity contribution in [1.29, 1.82) is 0 Å². The lowest BCUT2D eigenvalue weighted by Gasteiger charge is -2.44. The van der Waals surface area contributed by atoms with Gasteiger partial charge in [0.1, 0.15) is 0 Å². The zero-order valence-corrected chi connectivity index (χ0v) is 13.1. The predicted molar refractivity (Wildman–Crippen MR) is 82.3 cm³/mol. The molecule has 1 aromatic rings. The molecule has 2 aliphatic rings. The summed E-state index contributed by atoms with van der Waals surface area (Å²) in [6, 6.07) is 6.31. The van der Waals surface area contributed by atoms with Crippen LogP contribution in [0.4, 0.5) is 0 Å². The van der Waals surface area contributed by atoms with Crippen LogP contribution in [-0.4, -0.2) is 30.5 Å². The summed E-state index contributed by atoms with van der Waals surface area (Å²) in [7, 11) is 0. The molecule has 2 saturated heterocycles. The molecule has 1 spiro atoms. The molecule has 2 atom stereocenters. The van der Waals surface area contributed by atoms with Crippen molar-refractivity contribution in [1.82, 2.24) is 0 Å². The van der Waals surface area contributed by atoms with Crippen LogP contribution in [0.25, 0.3) is 0 Å². The molecule has 2 heterocycles. The van der Waals surface area contributed by atoms with Crippen LogP contribution in [0.15, 0.2) is 18.2 Å². The summed E-state index contributed by atoms with van der Waals surface area (Å²) in [5.74, 6) is 0.291. The Labute approximate surface area is 127 Å². The van der Waals surface area contributed by atoms with Gasteiger partial charge in [0.2, 0.25) is 0 Å².